The summed E-state index contributed by atoms with van der Waals surface area (Å²) < 4.78 is 0. The van der Waals surface area contributed by atoms with Gasteiger partial charge in [-0.05, 0) is 62.1 Å². The molecule has 2 aromatic heterocycles. The lowest BCUT2D eigenvalue weighted by molar-refractivity contribution is -0.114. The lowest BCUT2D eigenvalue weighted by atomic mass is 9.80. The van der Waals surface area contributed by atoms with Crippen molar-refractivity contribution in [2.75, 3.05) is 12.4 Å². The van der Waals surface area contributed by atoms with E-state index in [0.717, 1.165) is 48.3 Å². The van der Waals surface area contributed by atoms with Crippen LogP contribution in [0.5, 0.6) is 0 Å². The minimum absolute atomic E-state index is 0.212. The molecular weight excluding hydrogens is 424 g/mol. The van der Waals surface area contributed by atoms with Gasteiger partial charge in [-0.2, -0.15) is 0 Å². The molecule has 2 heterocycles. The van der Waals surface area contributed by atoms with Crippen LogP contribution >= 0.6 is 0 Å². The van der Waals surface area contributed by atoms with Gasteiger partial charge in [-0.1, -0.05) is 44.9 Å². The monoisotopic (exact) mass is 464 g/mol. The smallest absolute Gasteiger partial charge is 0.216 e. The van der Waals surface area contributed by atoms with Crippen LogP contribution in [0.3, 0.4) is 0 Å². The molecule has 0 unspecified atom stereocenters. The van der Waals surface area contributed by atoms with Crippen molar-refractivity contribution < 1.29 is 4.79 Å². The van der Waals surface area contributed by atoms with Crippen LogP contribution < -0.4 is 10.6 Å². The van der Waals surface area contributed by atoms with Gasteiger partial charge in [0.2, 0.25) is 6.41 Å². The Bertz CT molecular complexity index is 944. The number of carbonyl (C=O) groups is 1. The molecule has 2 fully saturated rings. The average molecular weight is 465 g/mol. The highest BCUT2D eigenvalue weighted by molar-refractivity contribution is 5.86. The maximum atomic E-state index is 11.1. The molecular formula is C27H40N6O. The molecule has 0 spiro atoms. The normalized spacial score (nSPS) is 22.1. The molecule has 184 valence electrons. The van der Waals surface area contributed by atoms with E-state index in [4.69, 9.17) is 10.4 Å². The summed E-state index contributed by atoms with van der Waals surface area (Å²) in [4.78, 5) is 21.4. The topological polar surface area (TPSA) is 94.0 Å². The third-order valence-corrected chi connectivity index (χ3v) is 7.74. The highest BCUT2D eigenvalue weighted by Gasteiger charge is 2.26. The molecule has 4 rings (SSSR count). The molecule has 2 aromatic rings. The number of fused-ring (bicyclic) bond motifs is 1. The molecule has 7 heteroatoms. The van der Waals surface area contributed by atoms with Crippen LogP contribution in [0.2, 0.25) is 0 Å². The molecule has 0 radical (unpaired) electrons. The zero-order chi connectivity index (χ0) is 23.8. The number of carbonyl (C=O) groups excluding carboxylic acids is 1. The van der Waals surface area contributed by atoms with Gasteiger partial charge in [-0.15, -0.1) is 0 Å². The number of guanidine groups is 1. The van der Waals surface area contributed by atoms with Gasteiger partial charge >= 0.3 is 0 Å². The number of aromatic nitrogens is 2. The molecule has 0 bridgehead atoms. The van der Waals surface area contributed by atoms with E-state index in [9.17, 15) is 4.79 Å². The van der Waals surface area contributed by atoms with E-state index < -0.39 is 0 Å². The highest BCUT2D eigenvalue weighted by Crippen LogP contribution is 2.32. The third kappa shape index (κ3) is 6.90. The Balaban J connectivity index is 1.34. The lowest BCUT2D eigenvalue weighted by Crippen LogP contribution is -2.44. The molecule has 0 saturated heterocycles. The number of hydrogen-bond donors (Lipinski definition) is 3. The quantitative estimate of drug-likeness (QED) is 0.265. The molecule has 2 aliphatic rings. The maximum Gasteiger partial charge on any atom is 0.216 e. The zero-order valence-electron chi connectivity index (χ0n) is 20.5. The lowest BCUT2D eigenvalue weighted by Gasteiger charge is -2.34. The Morgan fingerprint density at radius 1 is 1.15 bits per heavy atom. The second-order valence-corrected chi connectivity index (χ2v) is 10.4. The fraction of sp³-hybridized carbons (Fsp3) is 0.630. The molecule has 3 N–H and O–H groups in total. The first-order chi connectivity index (χ1) is 16.6. The third-order valence-electron chi connectivity index (χ3n) is 7.74. The fourth-order valence-electron chi connectivity index (χ4n) is 5.80. The summed E-state index contributed by atoms with van der Waals surface area (Å²) in [7, 11) is 1.65. The SMILES string of the molecule is CN(C=O)C(=N)N[C@H](CCC1CCCCC1)C[C@H]1CCC[C@@H](Nc2ccc3cnccc3n2)C1. The number of pyridine rings is 2. The first-order valence-electron chi connectivity index (χ1n) is 13.1. The van der Waals surface area contributed by atoms with Crippen molar-refractivity contribution in [2.45, 2.75) is 89.1 Å². The van der Waals surface area contributed by atoms with Crippen LogP contribution in [0.1, 0.15) is 77.0 Å². The van der Waals surface area contributed by atoms with Crippen molar-refractivity contribution in [3.63, 3.8) is 0 Å². The largest absolute Gasteiger partial charge is 0.367 e. The molecule has 2 saturated carbocycles. The van der Waals surface area contributed by atoms with Crippen LogP contribution in [0.15, 0.2) is 30.6 Å². The van der Waals surface area contributed by atoms with Crippen LogP contribution in [-0.2, 0) is 4.79 Å². The van der Waals surface area contributed by atoms with E-state index in [1.807, 2.05) is 12.3 Å². The number of nitrogens with one attached hydrogen (secondary N) is 3. The minimum atomic E-state index is 0.212. The molecule has 7 nitrogen and oxygen atoms in total. The fourth-order valence-corrected chi connectivity index (χ4v) is 5.80. The van der Waals surface area contributed by atoms with Gasteiger partial charge in [0.1, 0.15) is 5.82 Å². The molecule has 34 heavy (non-hydrogen) atoms. The van der Waals surface area contributed by atoms with Crippen molar-refractivity contribution >= 4 is 29.1 Å². The van der Waals surface area contributed by atoms with Gasteiger partial charge in [0.15, 0.2) is 5.96 Å². The Hall–Kier alpha value is -2.70. The van der Waals surface area contributed by atoms with E-state index in [1.54, 1.807) is 13.2 Å². The van der Waals surface area contributed by atoms with Crippen LogP contribution in [0, 0.1) is 17.2 Å². The summed E-state index contributed by atoms with van der Waals surface area (Å²) in [5.74, 6) is 2.58. The van der Waals surface area contributed by atoms with Gasteiger partial charge in [0, 0.05) is 36.9 Å². The average Bonchev–Trinajstić information content (AvgIpc) is 2.87. The number of amides is 1. The van der Waals surface area contributed by atoms with Crippen LogP contribution in [0.4, 0.5) is 5.82 Å². The molecule has 3 atom stereocenters. The minimum Gasteiger partial charge on any atom is -0.367 e. The maximum absolute atomic E-state index is 11.1. The first-order valence-corrected chi connectivity index (χ1v) is 13.1. The summed E-state index contributed by atoms with van der Waals surface area (Å²) in [5, 5.41) is 16.4. The van der Waals surface area contributed by atoms with Crippen LogP contribution in [-0.4, -0.2) is 46.4 Å². The highest BCUT2D eigenvalue weighted by atomic mass is 16.1. The number of anilines is 1. The molecule has 0 aliphatic heterocycles. The van der Waals surface area contributed by atoms with Crippen molar-refractivity contribution in [2.24, 2.45) is 11.8 Å². The van der Waals surface area contributed by atoms with E-state index in [-0.39, 0.29) is 12.0 Å². The van der Waals surface area contributed by atoms with Crippen molar-refractivity contribution in [3.8, 4) is 0 Å². The molecule has 0 aromatic carbocycles. The van der Waals surface area contributed by atoms with E-state index in [1.165, 1.54) is 56.3 Å². The summed E-state index contributed by atoms with van der Waals surface area (Å²) in [5.41, 5.74) is 0.970. The van der Waals surface area contributed by atoms with Gasteiger partial charge in [0.25, 0.3) is 0 Å². The van der Waals surface area contributed by atoms with E-state index in [2.05, 4.69) is 27.8 Å². The molecule has 1 amide bonds. The predicted molar refractivity (Wildman–Crippen MR) is 138 cm³/mol. The van der Waals surface area contributed by atoms with Crippen molar-refractivity contribution in [3.05, 3.63) is 30.6 Å². The van der Waals surface area contributed by atoms with E-state index in [0.29, 0.717) is 18.4 Å². The Kier molecular flexibility index (Phi) is 8.72. The number of rotatable bonds is 9. The standard InChI is InChI=1S/C27H40N6O/c1-33(19-34)27(28)31-24(12-10-20-6-3-2-4-7-20)17-21-8-5-9-23(16-21)30-26-13-11-22-18-29-15-14-25(22)32-26/h11,13-15,18-21,23-24H,2-10,12,16-17H2,1H3,(H2,28,31)(H,30,32)/t21-,23+,24+/m0/s1. The zero-order valence-corrected chi connectivity index (χ0v) is 20.5. The van der Waals surface area contributed by atoms with Gasteiger partial charge in [-0.3, -0.25) is 20.1 Å². The summed E-state index contributed by atoms with van der Waals surface area (Å²) in [6, 6.07) is 6.75. The van der Waals surface area contributed by atoms with Crippen molar-refractivity contribution in [1.82, 2.24) is 20.2 Å². The summed E-state index contributed by atoms with van der Waals surface area (Å²) >= 11 is 0. The second-order valence-electron chi connectivity index (χ2n) is 10.4. The first kappa shape index (κ1) is 24.4. The predicted octanol–water partition coefficient (Wildman–Crippen LogP) is 5.33. The summed E-state index contributed by atoms with van der Waals surface area (Å²) in [6.45, 7) is 0. The van der Waals surface area contributed by atoms with Gasteiger partial charge in [0.05, 0.1) is 5.52 Å². The Morgan fingerprint density at radius 3 is 2.79 bits per heavy atom. The number of nitrogens with zero attached hydrogens (tertiary/aromatic N) is 3. The number of hydrogen-bond acceptors (Lipinski definition) is 5. The second kappa shape index (κ2) is 12.1. The Morgan fingerprint density at radius 2 is 1.97 bits per heavy atom. The molecule has 2 aliphatic carbocycles. The van der Waals surface area contributed by atoms with Gasteiger partial charge < -0.3 is 10.6 Å². The van der Waals surface area contributed by atoms with E-state index >= 15 is 0 Å². The van der Waals surface area contributed by atoms with Gasteiger partial charge in [-0.25, -0.2) is 4.98 Å². The summed E-state index contributed by atoms with van der Waals surface area (Å²) in [6.07, 6.45) is 19.2. The van der Waals surface area contributed by atoms with Crippen LogP contribution in [0.25, 0.3) is 10.9 Å². The Labute approximate surface area is 203 Å². The van der Waals surface area contributed by atoms with Crippen molar-refractivity contribution in [1.29, 1.82) is 5.41 Å².